The molecule has 1 fully saturated rings. The molecule has 1 atom stereocenters. The highest BCUT2D eigenvalue weighted by Gasteiger charge is 2.47. The van der Waals surface area contributed by atoms with Crippen molar-refractivity contribution in [2.24, 2.45) is 0 Å². The minimum absolute atomic E-state index is 0.0841. The van der Waals surface area contributed by atoms with Gasteiger partial charge in [0.2, 0.25) is 0 Å². The number of furan rings is 1. The van der Waals surface area contributed by atoms with Crippen molar-refractivity contribution in [1.82, 2.24) is 19.4 Å². The lowest BCUT2D eigenvalue weighted by Gasteiger charge is -2.23. The second-order valence-electron chi connectivity index (χ2n) is 7.78. The van der Waals surface area contributed by atoms with Crippen LogP contribution in [-0.2, 0) is 20.9 Å². The van der Waals surface area contributed by atoms with Gasteiger partial charge in [-0.1, -0.05) is 0 Å². The van der Waals surface area contributed by atoms with Crippen molar-refractivity contribution >= 4 is 23.4 Å². The first-order chi connectivity index (χ1) is 15.8. The van der Waals surface area contributed by atoms with E-state index < -0.39 is 23.7 Å². The van der Waals surface area contributed by atoms with Gasteiger partial charge >= 0.3 is 5.97 Å². The molecular formula is C23H24N4O6. The Hall–Kier alpha value is -4.08. The molecular weight excluding hydrogens is 428 g/mol. The van der Waals surface area contributed by atoms with Crippen LogP contribution in [0, 0.1) is 13.8 Å². The van der Waals surface area contributed by atoms with Crippen LogP contribution >= 0.6 is 0 Å². The van der Waals surface area contributed by atoms with Gasteiger partial charge in [0.05, 0.1) is 25.3 Å². The molecule has 0 spiro atoms. The number of ketones is 1. The fraction of sp³-hybridized carbons (Fsp3) is 0.304. The minimum Gasteiger partial charge on any atom is -0.507 e. The lowest BCUT2D eigenvalue weighted by atomic mass is 9.97. The molecule has 1 unspecified atom stereocenters. The highest BCUT2D eigenvalue weighted by atomic mass is 16.5. The Labute approximate surface area is 189 Å². The van der Waals surface area contributed by atoms with Crippen LogP contribution in [0.25, 0.3) is 5.76 Å². The SMILES string of the molecule is COC(=O)c1[nH]c(C)c(/C(O)=C2/C(=O)C(=O)N(CCCn3ccnc3)C2c2ccco2)c1C. The Morgan fingerprint density at radius 3 is 2.73 bits per heavy atom. The quantitative estimate of drug-likeness (QED) is 0.244. The van der Waals surface area contributed by atoms with E-state index in [-0.39, 0.29) is 29.1 Å². The van der Waals surface area contributed by atoms with Gasteiger partial charge in [0.1, 0.15) is 23.3 Å². The number of aliphatic hydroxyl groups is 1. The van der Waals surface area contributed by atoms with Gasteiger partial charge in [-0.2, -0.15) is 0 Å². The molecule has 2 N–H and O–H groups in total. The molecule has 4 heterocycles. The molecule has 3 aromatic rings. The number of carbonyl (C=O) groups is 3. The number of aromatic nitrogens is 3. The highest BCUT2D eigenvalue weighted by Crippen LogP contribution is 2.41. The third-order valence-corrected chi connectivity index (χ3v) is 5.79. The molecule has 1 amide bonds. The number of hydrogen-bond acceptors (Lipinski definition) is 7. The fourth-order valence-electron chi connectivity index (χ4n) is 4.24. The van der Waals surface area contributed by atoms with E-state index in [0.717, 1.165) is 0 Å². The zero-order valence-corrected chi connectivity index (χ0v) is 18.5. The molecule has 4 rings (SSSR count). The predicted octanol–water partition coefficient (Wildman–Crippen LogP) is 2.72. The number of nitrogens with one attached hydrogen (secondary N) is 1. The number of aromatic amines is 1. The van der Waals surface area contributed by atoms with E-state index in [2.05, 4.69) is 9.97 Å². The zero-order chi connectivity index (χ0) is 23.7. The molecule has 172 valence electrons. The number of Topliss-reactive ketones (excluding diaryl/α,β-unsaturated/α-hetero) is 1. The Kier molecular flexibility index (Phi) is 5.91. The Morgan fingerprint density at radius 1 is 1.30 bits per heavy atom. The second-order valence-corrected chi connectivity index (χ2v) is 7.78. The summed E-state index contributed by atoms with van der Waals surface area (Å²) >= 11 is 0. The molecule has 3 aromatic heterocycles. The largest absolute Gasteiger partial charge is 0.507 e. The number of hydrogen-bond donors (Lipinski definition) is 2. The minimum atomic E-state index is -0.891. The summed E-state index contributed by atoms with van der Waals surface area (Å²) in [6.45, 7) is 4.17. The smallest absolute Gasteiger partial charge is 0.354 e. The molecule has 1 saturated heterocycles. The molecule has 0 aliphatic carbocycles. The van der Waals surface area contributed by atoms with Gasteiger partial charge < -0.3 is 28.7 Å². The summed E-state index contributed by atoms with van der Waals surface area (Å²) in [5.41, 5.74) is 1.25. The van der Waals surface area contributed by atoms with E-state index >= 15 is 0 Å². The number of methoxy groups -OCH3 is 1. The number of aliphatic hydroxyl groups excluding tert-OH is 1. The van der Waals surface area contributed by atoms with E-state index in [1.165, 1.54) is 18.3 Å². The molecule has 1 aliphatic rings. The topological polar surface area (TPSA) is 131 Å². The van der Waals surface area contributed by atoms with Crippen LogP contribution < -0.4 is 0 Å². The number of carbonyl (C=O) groups excluding carboxylic acids is 3. The van der Waals surface area contributed by atoms with Crippen LogP contribution in [0.4, 0.5) is 0 Å². The summed E-state index contributed by atoms with van der Waals surface area (Å²) in [5.74, 6) is -2.14. The van der Waals surface area contributed by atoms with E-state index in [0.29, 0.717) is 30.0 Å². The molecule has 0 radical (unpaired) electrons. The van der Waals surface area contributed by atoms with Crippen LogP contribution in [0.15, 0.2) is 47.1 Å². The number of esters is 1. The van der Waals surface area contributed by atoms with Crippen LogP contribution in [0.1, 0.15) is 45.5 Å². The third kappa shape index (κ3) is 3.84. The summed E-state index contributed by atoms with van der Waals surface area (Å²) in [6.07, 6.45) is 7.17. The Bertz CT molecular complexity index is 1220. The summed E-state index contributed by atoms with van der Waals surface area (Å²) in [5, 5.41) is 11.3. The van der Waals surface area contributed by atoms with Crippen molar-refractivity contribution in [1.29, 1.82) is 0 Å². The number of likely N-dealkylation sites (tertiary alicyclic amines) is 1. The number of rotatable bonds is 7. The summed E-state index contributed by atoms with van der Waals surface area (Å²) < 4.78 is 12.2. The summed E-state index contributed by atoms with van der Waals surface area (Å²) in [6, 6.07) is 2.42. The zero-order valence-electron chi connectivity index (χ0n) is 18.5. The van der Waals surface area contributed by atoms with Crippen molar-refractivity contribution in [3.05, 3.63) is 71.0 Å². The monoisotopic (exact) mass is 452 g/mol. The molecule has 33 heavy (non-hydrogen) atoms. The highest BCUT2D eigenvalue weighted by molar-refractivity contribution is 6.46. The number of ether oxygens (including phenoxy) is 1. The number of imidazole rings is 1. The van der Waals surface area contributed by atoms with E-state index in [4.69, 9.17) is 9.15 Å². The normalized spacial score (nSPS) is 17.7. The molecule has 0 bridgehead atoms. The first kappa shape index (κ1) is 22.1. The van der Waals surface area contributed by atoms with Crippen LogP contribution in [0.2, 0.25) is 0 Å². The van der Waals surface area contributed by atoms with Gasteiger partial charge in [0, 0.05) is 36.7 Å². The number of nitrogens with zero attached hydrogens (tertiary/aromatic N) is 3. The van der Waals surface area contributed by atoms with Gasteiger partial charge in [-0.15, -0.1) is 0 Å². The molecule has 10 nitrogen and oxygen atoms in total. The van der Waals surface area contributed by atoms with Gasteiger partial charge in [-0.05, 0) is 38.0 Å². The lowest BCUT2D eigenvalue weighted by molar-refractivity contribution is -0.140. The first-order valence-electron chi connectivity index (χ1n) is 10.4. The first-order valence-corrected chi connectivity index (χ1v) is 10.4. The van der Waals surface area contributed by atoms with Crippen molar-refractivity contribution < 1.29 is 28.6 Å². The van der Waals surface area contributed by atoms with Crippen LogP contribution in [0.3, 0.4) is 0 Å². The Morgan fingerprint density at radius 2 is 2.09 bits per heavy atom. The molecule has 0 aromatic carbocycles. The third-order valence-electron chi connectivity index (χ3n) is 5.79. The maximum Gasteiger partial charge on any atom is 0.354 e. The second kappa shape index (κ2) is 8.81. The summed E-state index contributed by atoms with van der Waals surface area (Å²) in [4.78, 5) is 46.4. The van der Waals surface area contributed by atoms with E-state index in [1.54, 1.807) is 38.5 Å². The lowest BCUT2D eigenvalue weighted by Crippen LogP contribution is -2.31. The number of aryl methyl sites for hydroxylation is 2. The maximum absolute atomic E-state index is 13.1. The van der Waals surface area contributed by atoms with Gasteiger partial charge in [-0.3, -0.25) is 9.59 Å². The fourth-order valence-corrected chi connectivity index (χ4v) is 4.24. The van der Waals surface area contributed by atoms with Gasteiger partial charge in [0.15, 0.2) is 0 Å². The average molecular weight is 452 g/mol. The van der Waals surface area contributed by atoms with Gasteiger partial charge in [0.25, 0.3) is 11.7 Å². The van der Waals surface area contributed by atoms with Crippen molar-refractivity contribution in [2.75, 3.05) is 13.7 Å². The number of H-pyrrole nitrogens is 1. The summed E-state index contributed by atoms with van der Waals surface area (Å²) in [7, 11) is 1.25. The van der Waals surface area contributed by atoms with Crippen molar-refractivity contribution in [3.8, 4) is 0 Å². The predicted molar refractivity (Wildman–Crippen MR) is 116 cm³/mol. The van der Waals surface area contributed by atoms with Gasteiger partial charge in [-0.25, -0.2) is 9.78 Å². The average Bonchev–Trinajstić information content (AvgIpc) is 3.58. The molecule has 1 aliphatic heterocycles. The number of amides is 1. The standard InChI is InChI=1S/C23H24N4O6/c1-13-16(14(2)25-18(13)23(31)32-3)20(28)17-19(15-6-4-11-33-15)27(22(30)21(17)29)9-5-8-26-10-7-24-12-26/h4,6-7,10-12,19,25,28H,5,8-9H2,1-3H3/b20-17-. The molecule has 0 saturated carbocycles. The van der Waals surface area contributed by atoms with E-state index in [1.807, 2.05) is 10.8 Å². The van der Waals surface area contributed by atoms with E-state index in [9.17, 15) is 19.5 Å². The van der Waals surface area contributed by atoms with Crippen LogP contribution in [-0.4, -0.2) is 55.9 Å². The van der Waals surface area contributed by atoms with Crippen molar-refractivity contribution in [3.63, 3.8) is 0 Å². The van der Waals surface area contributed by atoms with Crippen LogP contribution in [0.5, 0.6) is 0 Å². The molecule has 10 heteroatoms. The Balaban J connectivity index is 1.75. The van der Waals surface area contributed by atoms with Crippen molar-refractivity contribution in [2.45, 2.75) is 32.9 Å². The maximum atomic E-state index is 13.1.